The zero-order valence-corrected chi connectivity index (χ0v) is 8.14. The van der Waals surface area contributed by atoms with E-state index in [0.717, 1.165) is 12.1 Å². The zero-order chi connectivity index (χ0) is 9.97. The minimum absolute atomic E-state index is 0.838. The third-order valence-electron chi connectivity index (χ3n) is 2.17. The van der Waals surface area contributed by atoms with Gasteiger partial charge in [0.2, 0.25) is 0 Å². The molecule has 0 amide bonds. The molecule has 0 fully saturated rings. The summed E-state index contributed by atoms with van der Waals surface area (Å²) in [5.41, 5.74) is 3.53. The second kappa shape index (κ2) is 3.54. The average molecular weight is 187 g/mol. The van der Waals surface area contributed by atoms with Crippen LogP contribution >= 0.6 is 0 Å². The van der Waals surface area contributed by atoms with Gasteiger partial charge in [0.05, 0.1) is 5.69 Å². The van der Waals surface area contributed by atoms with Gasteiger partial charge in [0.1, 0.15) is 0 Å². The molecule has 72 valence electrons. The van der Waals surface area contributed by atoms with Crippen LogP contribution < -0.4 is 5.84 Å². The van der Waals surface area contributed by atoms with E-state index in [1.165, 1.54) is 15.9 Å². The Labute approximate surface area is 83.1 Å². The molecule has 0 saturated carbocycles. The Morgan fingerprint density at radius 3 is 2.50 bits per heavy atom. The third kappa shape index (κ3) is 1.93. The van der Waals surface area contributed by atoms with Crippen molar-refractivity contribution in [3.8, 4) is 0 Å². The highest BCUT2D eigenvalue weighted by molar-refractivity contribution is 5.24. The molecule has 0 spiro atoms. The van der Waals surface area contributed by atoms with Crippen molar-refractivity contribution in [3.05, 3.63) is 53.3 Å². The maximum atomic E-state index is 5.46. The maximum absolute atomic E-state index is 5.46. The van der Waals surface area contributed by atoms with Crippen LogP contribution in [-0.2, 0) is 6.42 Å². The van der Waals surface area contributed by atoms with Gasteiger partial charge in [-0.05, 0) is 18.6 Å². The molecular formula is C11H13N3. The predicted molar refractivity (Wildman–Crippen MR) is 56.4 cm³/mol. The first-order chi connectivity index (χ1) is 6.74. The molecule has 1 aromatic carbocycles. The van der Waals surface area contributed by atoms with E-state index in [0.29, 0.717) is 0 Å². The molecule has 1 aromatic heterocycles. The Morgan fingerprint density at radius 2 is 1.93 bits per heavy atom. The van der Waals surface area contributed by atoms with Gasteiger partial charge >= 0.3 is 0 Å². The molecule has 0 saturated heterocycles. The Morgan fingerprint density at radius 1 is 1.21 bits per heavy atom. The van der Waals surface area contributed by atoms with Crippen molar-refractivity contribution in [2.75, 3.05) is 5.84 Å². The molecule has 0 radical (unpaired) electrons. The monoisotopic (exact) mass is 187 g/mol. The van der Waals surface area contributed by atoms with Crippen LogP contribution in [0.15, 0.2) is 36.5 Å². The lowest BCUT2D eigenvalue weighted by Gasteiger charge is -1.98. The van der Waals surface area contributed by atoms with Gasteiger partial charge in [-0.2, -0.15) is 9.89 Å². The van der Waals surface area contributed by atoms with Crippen molar-refractivity contribution >= 4 is 0 Å². The van der Waals surface area contributed by atoms with E-state index in [2.05, 4.69) is 36.3 Å². The highest BCUT2D eigenvalue weighted by Crippen LogP contribution is 2.08. The molecule has 2 aromatic rings. The van der Waals surface area contributed by atoms with Gasteiger partial charge in [-0.25, -0.2) is 0 Å². The lowest BCUT2D eigenvalue weighted by molar-refractivity contribution is 0.806. The van der Waals surface area contributed by atoms with E-state index in [1.54, 1.807) is 6.20 Å². The number of aryl methyl sites for hydroxylation is 1. The lowest BCUT2D eigenvalue weighted by atomic mass is 10.1. The normalized spacial score (nSPS) is 10.4. The van der Waals surface area contributed by atoms with Gasteiger partial charge < -0.3 is 5.84 Å². The summed E-state index contributed by atoms with van der Waals surface area (Å²) < 4.78 is 0. The number of aromatic nitrogens is 2. The van der Waals surface area contributed by atoms with Crippen LogP contribution in [0.4, 0.5) is 0 Å². The largest absolute Gasteiger partial charge is 0.323 e. The van der Waals surface area contributed by atoms with E-state index in [4.69, 9.17) is 5.84 Å². The van der Waals surface area contributed by atoms with Crippen LogP contribution in [0.5, 0.6) is 0 Å². The number of nitrogen functional groups attached to an aromatic ring is 1. The molecular weight excluding hydrogens is 174 g/mol. The van der Waals surface area contributed by atoms with Gasteiger partial charge in [0, 0.05) is 12.6 Å². The Bertz CT molecular complexity index is 414. The van der Waals surface area contributed by atoms with Crippen molar-refractivity contribution in [2.24, 2.45) is 0 Å². The summed E-state index contributed by atoms with van der Waals surface area (Å²) in [4.78, 5) is 1.34. The number of nitrogens with zero attached hydrogens (tertiary/aromatic N) is 2. The topological polar surface area (TPSA) is 43.8 Å². The molecule has 2 N–H and O–H groups in total. The Balaban J connectivity index is 2.15. The molecule has 0 bridgehead atoms. The van der Waals surface area contributed by atoms with Gasteiger partial charge in [-0.1, -0.05) is 29.8 Å². The minimum atomic E-state index is 0.838. The SMILES string of the molecule is Cc1ccc(Cc2ccn(N)n2)cc1. The number of rotatable bonds is 2. The summed E-state index contributed by atoms with van der Waals surface area (Å²) in [6.45, 7) is 2.08. The van der Waals surface area contributed by atoms with Crippen molar-refractivity contribution in [1.29, 1.82) is 0 Å². The predicted octanol–water partition coefficient (Wildman–Crippen LogP) is 1.50. The van der Waals surface area contributed by atoms with E-state index in [-0.39, 0.29) is 0 Å². The summed E-state index contributed by atoms with van der Waals surface area (Å²) in [6.07, 6.45) is 2.59. The molecule has 0 aliphatic rings. The van der Waals surface area contributed by atoms with E-state index in [9.17, 15) is 0 Å². The van der Waals surface area contributed by atoms with Gasteiger partial charge in [0.15, 0.2) is 0 Å². The summed E-state index contributed by atoms with van der Waals surface area (Å²) >= 11 is 0. The molecule has 1 heterocycles. The quantitative estimate of drug-likeness (QED) is 0.724. The van der Waals surface area contributed by atoms with Crippen LogP contribution in [0.25, 0.3) is 0 Å². The van der Waals surface area contributed by atoms with E-state index >= 15 is 0 Å². The van der Waals surface area contributed by atoms with Crippen molar-refractivity contribution in [1.82, 2.24) is 9.89 Å². The summed E-state index contributed by atoms with van der Waals surface area (Å²) in [6, 6.07) is 10.4. The number of hydrogen-bond donors (Lipinski definition) is 1. The number of nitrogens with two attached hydrogens (primary N) is 1. The average Bonchev–Trinajstić information content (AvgIpc) is 2.56. The molecule has 0 aliphatic carbocycles. The summed E-state index contributed by atoms with van der Waals surface area (Å²) in [7, 11) is 0. The lowest BCUT2D eigenvalue weighted by Crippen LogP contribution is -2.08. The van der Waals surface area contributed by atoms with Gasteiger partial charge in [-0.15, -0.1) is 0 Å². The molecule has 3 nitrogen and oxygen atoms in total. The maximum Gasteiger partial charge on any atom is 0.0689 e. The van der Waals surface area contributed by atoms with E-state index < -0.39 is 0 Å². The van der Waals surface area contributed by atoms with Crippen LogP contribution in [0.3, 0.4) is 0 Å². The molecule has 3 heteroatoms. The van der Waals surface area contributed by atoms with Crippen molar-refractivity contribution < 1.29 is 0 Å². The summed E-state index contributed by atoms with van der Waals surface area (Å²) in [5.74, 6) is 5.46. The number of hydrogen-bond acceptors (Lipinski definition) is 2. The smallest absolute Gasteiger partial charge is 0.0689 e. The highest BCUT2D eigenvalue weighted by atomic mass is 15.5. The first-order valence-corrected chi connectivity index (χ1v) is 4.59. The fourth-order valence-corrected chi connectivity index (χ4v) is 1.39. The Hall–Kier alpha value is -1.77. The van der Waals surface area contributed by atoms with E-state index in [1.807, 2.05) is 6.07 Å². The highest BCUT2D eigenvalue weighted by Gasteiger charge is 1.98. The Kier molecular flexibility index (Phi) is 2.23. The molecule has 0 unspecified atom stereocenters. The standard InChI is InChI=1S/C11H13N3/c1-9-2-4-10(5-3-9)8-11-6-7-14(12)13-11/h2-7H,8,12H2,1H3. The minimum Gasteiger partial charge on any atom is -0.323 e. The molecule has 14 heavy (non-hydrogen) atoms. The van der Waals surface area contributed by atoms with Gasteiger partial charge in [-0.3, -0.25) is 0 Å². The van der Waals surface area contributed by atoms with Crippen molar-refractivity contribution in [3.63, 3.8) is 0 Å². The summed E-state index contributed by atoms with van der Waals surface area (Å²) in [5, 5.41) is 4.12. The van der Waals surface area contributed by atoms with Crippen LogP contribution in [0.1, 0.15) is 16.8 Å². The molecule has 0 atom stereocenters. The molecule has 0 aliphatic heterocycles. The first kappa shape index (κ1) is 8.81. The zero-order valence-electron chi connectivity index (χ0n) is 8.14. The van der Waals surface area contributed by atoms with Crippen LogP contribution in [0.2, 0.25) is 0 Å². The fraction of sp³-hybridized carbons (Fsp3) is 0.182. The second-order valence-corrected chi connectivity index (χ2v) is 3.45. The van der Waals surface area contributed by atoms with Gasteiger partial charge in [0.25, 0.3) is 0 Å². The third-order valence-corrected chi connectivity index (χ3v) is 2.17. The fourth-order valence-electron chi connectivity index (χ4n) is 1.39. The first-order valence-electron chi connectivity index (χ1n) is 4.59. The molecule has 2 rings (SSSR count). The second-order valence-electron chi connectivity index (χ2n) is 3.45. The number of benzene rings is 1. The van der Waals surface area contributed by atoms with Crippen molar-refractivity contribution in [2.45, 2.75) is 13.3 Å². The van der Waals surface area contributed by atoms with Crippen LogP contribution in [-0.4, -0.2) is 9.89 Å². The van der Waals surface area contributed by atoms with Crippen LogP contribution in [0, 0.1) is 6.92 Å².